The van der Waals surface area contributed by atoms with Crippen LogP contribution in [0.3, 0.4) is 0 Å². The third-order valence-electron chi connectivity index (χ3n) is 5.18. The van der Waals surface area contributed by atoms with E-state index in [2.05, 4.69) is 19.1 Å². The molecule has 0 radical (unpaired) electrons. The van der Waals surface area contributed by atoms with E-state index in [9.17, 15) is 8.78 Å². The second-order valence-electron chi connectivity index (χ2n) is 6.76. The molecule has 122 valence electrons. The molecular weight excluding hydrogens is 306 g/mol. The largest absolute Gasteiger partial charge is 0.204 e. The Bertz CT molecular complexity index is 643. The first-order chi connectivity index (χ1) is 11.2. The number of hydrogen-bond donors (Lipinski definition) is 0. The molecule has 2 aromatic carbocycles. The molecule has 1 aliphatic carbocycles. The number of halogens is 2. The van der Waals surface area contributed by atoms with Gasteiger partial charge in [0.1, 0.15) is 0 Å². The summed E-state index contributed by atoms with van der Waals surface area (Å²) < 4.78 is 26.4. The highest BCUT2D eigenvalue weighted by Crippen LogP contribution is 2.39. The third kappa shape index (κ3) is 3.89. The summed E-state index contributed by atoms with van der Waals surface area (Å²) >= 11 is 0. The topological polar surface area (TPSA) is 0 Å². The zero-order valence-electron chi connectivity index (χ0n) is 13.7. The number of rotatable bonds is 4. The molecule has 0 atom stereocenters. The molecule has 0 amide bonds. The number of hydrogen-bond acceptors (Lipinski definition) is 0. The molecule has 0 aromatic heterocycles. The zero-order chi connectivity index (χ0) is 16.2. The molecule has 0 saturated heterocycles. The van der Waals surface area contributed by atoms with Crippen LogP contribution in [0.1, 0.15) is 44.1 Å². The molecule has 0 aliphatic heterocycles. The van der Waals surface area contributed by atoms with Gasteiger partial charge >= 0.3 is 0 Å². The van der Waals surface area contributed by atoms with Crippen molar-refractivity contribution in [2.75, 3.05) is 0 Å². The maximum Gasteiger partial charge on any atom is 0.159 e. The highest BCUT2D eigenvalue weighted by atomic mass is 28.2. The molecule has 0 spiro atoms. The summed E-state index contributed by atoms with van der Waals surface area (Å²) in [7, 11) is 0.159. The van der Waals surface area contributed by atoms with Crippen molar-refractivity contribution in [1.82, 2.24) is 0 Å². The molecule has 0 unspecified atom stereocenters. The van der Waals surface area contributed by atoms with E-state index in [1.54, 1.807) is 6.07 Å². The van der Waals surface area contributed by atoms with Gasteiger partial charge in [-0.25, -0.2) is 8.78 Å². The van der Waals surface area contributed by atoms with E-state index >= 15 is 0 Å². The lowest BCUT2D eigenvalue weighted by Crippen LogP contribution is -2.13. The van der Waals surface area contributed by atoms with E-state index in [4.69, 9.17) is 0 Å². The highest BCUT2D eigenvalue weighted by Gasteiger charge is 2.21. The van der Waals surface area contributed by atoms with Gasteiger partial charge in [0.2, 0.25) is 0 Å². The fraction of sp³-hybridized carbons (Fsp3) is 0.400. The first kappa shape index (κ1) is 16.4. The summed E-state index contributed by atoms with van der Waals surface area (Å²) in [5.41, 5.74) is 4.12. The monoisotopic (exact) mass is 330 g/mol. The maximum atomic E-state index is 13.4. The smallest absolute Gasteiger partial charge is 0.159 e. The van der Waals surface area contributed by atoms with Gasteiger partial charge in [0.15, 0.2) is 11.6 Å². The van der Waals surface area contributed by atoms with Crippen LogP contribution in [0, 0.1) is 11.6 Å². The molecule has 1 fully saturated rings. The molecular formula is C20H24F2Si. The molecule has 1 saturated carbocycles. The van der Waals surface area contributed by atoms with Gasteiger partial charge in [-0.3, -0.25) is 0 Å². The first-order valence-corrected chi connectivity index (χ1v) is 10.5. The summed E-state index contributed by atoms with van der Waals surface area (Å²) in [4.78, 5) is 0. The van der Waals surface area contributed by atoms with Crippen LogP contribution in [-0.2, 0) is 0 Å². The highest BCUT2D eigenvalue weighted by molar-refractivity contribution is 6.37. The molecule has 0 N–H and O–H groups in total. The van der Waals surface area contributed by atoms with Crippen molar-refractivity contribution in [3.8, 4) is 11.1 Å². The molecule has 0 nitrogen and oxygen atoms in total. The Morgan fingerprint density at radius 1 is 0.870 bits per heavy atom. The predicted octanol–water partition coefficient (Wildman–Crippen LogP) is 5.68. The van der Waals surface area contributed by atoms with Crippen molar-refractivity contribution < 1.29 is 8.78 Å². The molecule has 2 aromatic rings. The molecule has 3 rings (SSSR count). The van der Waals surface area contributed by atoms with Crippen LogP contribution >= 0.6 is 0 Å². The average Bonchev–Trinajstić information content (AvgIpc) is 2.59. The Morgan fingerprint density at radius 3 is 2.13 bits per heavy atom. The fourth-order valence-corrected chi connectivity index (χ4v) is 5.68. The van der Waals surface area contributed by atoms with Gasteiger partial charge in [-0.15, -0.1) is 0 Å². The van der Waals surface area contributed by atoms with Crippen LogP contribution in [0.4, 0.5) is 8.78 Å². The van der Waals surface area contributed by atoms with Gasteiger partial charge in [0, 0.05) is 9.52 Å². The van der Waals surface area contributed by atoms with Crippen LogP contribution in [0.15, 0.2) is 42.5 Å². The van der Waals surface area contributed by atoms with Crippen LogP contribution in [0.25, 0.3) is 11.1 Å². The first-order valence-electron chi connectivity index (χ1n) is 8.72. The fourth-order valence-electron chi connectivity index (χ4n) is 3.82. The minimum absolute atomic E-state index is 0.159. The van der Waals surface area contributed by atoms with Gasteiger partial charge in [-0.2, -0.15) is 0 Å². The Morgan fingerprint density at radius 2 is 1.52 bits per heavy atom. The second-order valence-corrected chi connectivity index (χ2v) is 9.49. The van der Waals surface area contributed by atoms with Crippen molar-refractivity contribution in [3.63, 3.8) is 0 Å². The number of benzene rings is 2. The lowest BCUT2D eigenvalue weighted by Gasteiger charge is -2.28. The van der Waals surface area contributed by atoms with Crippen molar-refractivity contribution in [3.05, 3.63) is 59.7 Å². The second kappa shape index (κ2) is 7.39. The minimum Gasteiger partial charge on any atom is -0.204 e. The van der Waals surface area contributed by atoms with Gasteiger partial charge in [-0.05, 0) is 47.6 Å². The summed E-state index contributed by atoms with van der Waals surface area (Å²) in [6.45, 7) is 2.33. The van der Waals surface area contributed by atoms with E-state index in [0.717, 1.165) is 16.7 Å². The van der Waals surface area contributed by atoms with Crippen LogP contribution in [-0.4, -0.2) is 9.52 Å². The van der Waals surface area contributed by atoms with Crippen molar-refractivity contribution in [2.24, 2.45) is 0 Å². The quantitative estimate of drug-likeness (QED) is 0.632. The van der Waals surface area contributed by atoms with Crippen molar-refractivity contribution in [2.45, 2.75) is 50.1 Å². The Balaban J connectivity index is 1.69. The molecule has 1 aliphatic rings. The maximum absolute atomic E-state index is 13.4. The van der Waals surface area contributed by atoms with Crippen molar-refractivity contribution >= 4 is 9.52 Å². The third-order valence-corrected chi connectivity index (χ3v) is 7.39. The molecule has 0 heterocycles. The normalized spacial score (nSPS) is 21.9. The van der Waals surface area contributed by atoms with Crippen LogP contribution < -0.4 is 0 Å². The lowest BCUT2D eigenvalue weighted by atomic mass is 9.83. The Kier molecular flexibility index (Phi) is 5.26. The van der Waals surface area contributed by atoms with Crippen molar-refractivity contribution in [1.29, 1.82) is 0 Å². The Labute approximate surface area is 139 Å². The van der Waals surface area contributed by atoms with Crippen LogP contribution in [0.2, 0.25) is 11.6 Å². The van der Waals surface area contributed by atoms with Gasteiger partial charge in [0.05, 0.1) is 0 Å². The Hall–Kier alpha value is -1.48. The van der Waals surface area contributed by atoms with Gasteiger partial charge < -0.3 is 0 Å². The zero-order valence-corrected chi connectivity index (χ0v) is 15.1. The molecule has 0 bridgehead atoms. The lowest BCUT2D eigenvalue weighted by molar-refractivity contribution is 0.441. The minimum atomic E-state index is -0.794. The standard InChI is InChI=1S/C20H24F2Si/c1-2-23-18-10-7-15(8-11-18)14-3-5-16(6-4-14)17-9-12-19(21)20(22)13-17/h3-6,9,12-13,15,18H,2,7-8,10-11,23H2,1H3. The van der Waals surface area contributed by atoms with E-state index < -0.39 is 11.6 Å². The SMILES string of the molecule is CC[SiH2]C1CCC(c2ccc(-c3ccc(F)c(F)c3)cc2)CC1. The molecule has 3 heteroatoms. The van der Waals surface area contributed by atoms with E-state index in [0.29, 0.717) is 5.92 Å². The van der Waals surface area contributed by atoms with E-state index in [-0.39, 0.29) is 9.52 Å². The average molecular weight is 330 g/mol. The molecule has 23 heavy (non-hydrogen) atoms. The summed E-state index contributed by atoms with van der Waals surface area (Å²) in [6.07, 6.45) is 5.41. The van der Waals surface area contributed by atoms with Gasteiger partial charge in [-0.1, -0.05) is 61.7 Å². The van der Waals surface area contributed by atoms with E-state index in [1.807, 2.05) is 12.1 Å². The predicted molar refractivity (Wildman–Crippen MR) is 95.8 cm³/mol. The van der Waals surface area contributed by atoms with Gasteiger partial charge in [0.25, 0.3) is 0 Å². The van der Waals surface area contributed by atoms with Crippen LogP contribution in [0.5, 0.6) is 0 Å². The summed E-state index contributed by atoms with van der Waals surface area (Å²) in [5, 5.41) is 0. The summed E-state index contributed by atoms with van der Waals surface area (Å²) in [6, 6.07) is 13.9. The van der Waals surface area contributed by atoms with E-state index in [1.165, 1.54) is 49.4 Å². The summed E-state index contributed by atoms with van der Waals surface area (Å²) in [5.74, 6) is -0.904.